The number of phenolic OH excluding ortho intramolecular Hbond substituents is 1. The van der Waals surface area contributed by atoms with Crippen molar-refractivity contribution >= 4 is 34.5 Å². The quantitative estimate of drug-likeness (QED) is 0.884. The zero-order valence-corrected chi connectivity index (χ0v) is 10.4. The van der Waals surface area contributed by atoms with Gasteiger partial charge in [-0.05, 0) is 12.1 Å². The summed E-state index contributed by atoms with van der Waals surface area (Å²) in [7, 11) is 0. The molecule has 0 amide bonds. The number of halogens is 2. The van der Waals surface area contributed by atoms with Crippen LogP contribution in [-0.4, -0.2) is 10.1 Å². The molecule has 0 bridgehead atoms. The van der Waals surface area contributed by atoms with Crippen molar-refractivity contribution in [3.05, 3.63) is 44.3 Å². The Labute approximate surface area is 106 Å². The molecule has 6 heteroatoms. The van der Waals surface area contributed by atoms with Gasteiger partial charge >= 0.3 is 0 Å². The lowest BCUT2D eigenvalue weighted by atomic mass is 10.1. The molecule has 0 saturated heterocycles. The van der Waals surface area contributed by atoms with Crippen molar-refractivity contribution in [2.45, 2.75) is 6.04 Å². The maximum Gasteiger partial charge on any atom is 0.139 e. The first-order valence-corrected chi connectivity index (χ1v) is 6.06. The van der Waals surface area contributed by atoms with Gasteiger partial charge in [-0.1, -0.05) is 23.2 Å². The van der Waals surface area contributed by atoms with Crippen LogP contribution in [0, 0.1) is 0 Å². The number of nitrogens with two attached hydrogens (primary N) is 1. The number of rotatable bonds is 2. The van der Waals surface area contributed by atoms with Crippen LogP contribution in [0.4, 0.5) is 0 Å². The predicted octanol–water partition coefficient (Wildman–Crippen LogP) is 3.20. The van der Waals surface area contributed by atoms with Crippen LogP contribution in [0.25, 0.3) is 0 Å². The van der Waals surface area contributed by atoms with E-state index < -0.39 is 6.04 Å². The molecule has 2 aromatic rings. The smallest absolute Gasteiger partial charge is 0.139 e. The van der Waals surface area contributed by atoms with E-state index in [1.165, 1.54) is 17.4 Å². The van der Waals surface area contributed by atoms with Gasteiger partial charge in [-0.25, -0.2) is 4.98 Å². The van der Waals surface area contributed by atoms with Crippen molar-refractivity contribution in [2.75, 3.05) is 0 Å². The molecule has 1 atom stereocenters. The lowest BCUT2D eigenvalue weighted by Crippen LogP contribution is -2.11. The predicted molar refractivity (Wildman–Crippen MR) is 66.3 cm³/mol. The highest BCUT2D eigenvalue weighted by Crippen LogP contribution is 2.36. The molecule has 1 heterocycles. The number of aromatic hydroxyl groups is 1. The number of aromatic nitrogens is 1. The van der Waals surface area contributed by atoms with Crippen LogP contribution in [0.1, 0.15) is 16.6 Å². The summed E-state index contributed by atoms with van der Waals surface area (Å²) >= 11 is 13.1. The summed E-state index contributed by atoms with van der Waals surface area (Å²) in [5.41, 5.74) is 6.45. The number of thiazole rings is 1. The van der Waals surface area contributed by atoms with Gasteiger partial charge in [0.05, 0.1) is 11.1 Å². The third-order valence-electron chi connectivity index (χ3n) is 2.11. The highest BCUT2D eigenvalue weighted by molar-refractivity contribution is 7.09. The van der Waals surface area contributed by atoms with E-state index in [2.05, 4.69) is 4.98 Å². The van der Waals surface area contributed by atoms with Gasteiger partial charge in [-0.3, -0.25) is 0 Å². The molecule has 0 aliphatic rings. The van der Waals surface area contributed by atoms with E-state index in [-0.39, 0.29) is 10.8 Å². The Bertz CT molecular complexity index is 502. The van der Waals surface area contributed by atoms with Gasteiger partial charge in [0.1, 0.15) is 10.8 Å². The van der Waals surface area contributed by atoms with Crippen molar-refractivity contribution in [3.8, 4) is 5.75 Å². The van der Waals surface area contributed by atoms with E-state index in [4.69, 9.17) is 28.9 Å². The third kappa shape index (κ3) is 2.15. The fraction of sp³-hybridized carbons (Fsp3) is 0.100. The number of benzene rings is 1. The second-order valence-electron chi connectivity index (χ2n) is 3.17. The number of hydrogen-bond donors (Lipinski definition) is 2. The Hall–Kier alpha value is -0.810. The molecule has 0 saturated carbocycles. The van der Waals surface area contributed by atoms with Gasteiger partial charge in [0.2, 0.25) is 0 Å². The normalized spacial score (nSPS) is 12.7. The Balaban J connectivity index is 2.48. The number of hydrogen-bond acceptors (Lipinski definition) is 4. The van der Waals surface area contributed by atoms with E-state index in [1.54, 1.807) is 12.3 Å². The highest BCUT2D eigenvalue weighted by Gasteiger charge is 2.18. The summed E-state index contributed by atoms with van der Waals surface area (Å²) in [5.74, 6) is -0.0474. The summed E-state index contributed by atoms with van der Waals surface area (Å²) in [6.07, 6.45) is 1.66. The van der Waals surface area contributed by atoms with Crippen LogP contribution in [0.2, 0.25) is 10.0 Å². The van der Waals surface area contributed by atoms with Gasteiger partial charge in [-0.2, -0.15) is 0 Å². The average Bonchev–Trinajstić information content (AvgIpc) is 2.75. The SMILES string of the molecule is NC(c1nccs1)c1cc(Cl)cc(Cl)c1O. The molecule has 16 heavy (non-hydrogen) atoms. The first-order valence-electron chi connectivity index (χ1n) is 4.42. The topological polar surface area (TPSA) is 59.1 Å². The summed E-state index contributed by atoms with van der Waals surface area (Å²) in [4.78, 5) is 4.09. The van der Waals surface area contributed by atoms with Crippen molar-refractivity contribution < 1.29 is 5.11 Å². The summed E-state index contributed by atoms with van der Waals surface area (Å²) in [6.45, 7) is 0. The van der Waals surface area contributed by atoms with Crippen LogP contribution in [-0.2, 0) is 0 Å². The second kappa shape index (κ2) is 4.59. The molecule has 0 aliphatic heterocycles. The minimum Gasteiger partial charge on any atom is -0.506 e. The van der Waals surface area contributed by atoms with E-state index in [0.717, 1.165) is 0 Å². The van der Waals surface area contributed by atoms with E-state index in [9.17, 15) is 5.11 Å². The molecular weight excluding hydrogens is 267 g/mol. The van der Waals surface area contributed by atoms with Gasteiger partial charge in [0, 0.05) is 22.2 Å². The first-order chi connectivity index (χ1) is 7.59. The highest BCUT2D eigenvalue weighted by atomic mass is 35.5. The van der Waals surface area contributed by atoms with Crippen LogP contribution in [0.15, 0.2) is 23.7 Å². The molecule has 84 valence electrons. The van der Waals surface area contributed by atoms with Crippen LogP contribution < -0.4 is 5.73 Å². The van der Waals surface area contributed by atoms with Gasteiger partial charge < -0.3 is 10.8 Å². The van der Waals surface area contributed by atoms with E-state index in [1.807, 2.05) is 5.38 Å². The summed E-state index contributed by atoms with van der Waals surface area (Å²) in [5, 5.41) is 12.9. The van der Waals surface area contributed by atoms with Gasteiger partial charge in [0.25, 0.3) is 0 Å². The molecule has 0 radical (unpaired) electrons. The Morgan fingerprint density at radius 1 is 1.38 bits per heavy atom. The van der Waals surface area contributed by atoms with Crippen molar-refractivity contribution in [2.24, 2.45) is 5.73 Å². The number of nitrogens with zero attached hydrogens (tertiary/aromatic N) is 1. The van der Waals surface area contributed by atoms with Crippen LogP contribution >= 0.6 is 34.5 Å². The first kappa shape index (κ1) is 11.7. The lowest BCUT2D eigenvalue weighted by molar-refractivity contribution is 0.465. The lowest BCUT2D eigenvalue weighted by Gasteiger charge is -2.12. The summed E-state index contributed by atoms with van der Waals surface area (Å²) in [6, 6.07) is 2.54. The number of phenols is 1. The molecule has 0 fully saturated rings. The fourth-order valence-corrected chi connectivity index (χ4v) is 2.51. The Morgan fingerprint density at radius 3 is 2.75 bits per heavy atom. The van der Waals surface area contributed by atoms with Gasteiger partial charge in [-0.15, -0.1) is 11.3 Å². The molecule has 3 nitrogen and oxygen atoms in total. The third-order valence-corrected chi connectivity index (χ3v) is 3.48. The molecule has 2 rings (SSSR count). The monoisotopic (exact) mass is 274 g/mol. The molecule has 0 aliphatic carbocycles. The maximum atomic E-state index is 9.80. The minimum atomic E-state index is -0.517. The van der Waals surface area contributed by atoms with Crippen molar-refractivity contribution in [1.82, 2.24) is 4.98 Å². The van der Waals surface area contributed by atoms with Gasteiger partial charge in [0.15, 0.2) is 0 Å². The fourth-order valence-electron chi connectivity index (χ4n) is 1.34. The Morgan fingerprint density at radius 2 is 2.12 bits per heavy atom. The van der Waals surface area contributed by atoms with Crippen molar-refractivity contribution in [3.63, 3.8) is 0 Å². The van der Waals surface area contributed by atoms with Crippen LogP contribution in [0.5, 0.6) is 5.75 Å². The molecule has 3 N–H and O–H groups in total. The largest absolute Gasteiger partial charge is 0.506 e. The zero-order chi connectivity index (χ0) is 11.7. The standard InChI is InChI=1S/C10H8Cl2N2OS/c11-5-3-6(9(15)7(12)4-5)8(13)10-14-1-2-16-10/h1-4,8,15H,13H2. The second-order valence-corrected chi connectivity index (χ2v) is 4.94. The zero-order valence-electron chi connectivity index (χ0n) is 8.02. The van der Waals surface area contributed by atoms with E-state index in [0.29, 0.717) is 15.6 Å². The van der Waals surface area contributed by atoms with E-state index >= 15 is 0 Å². The minimum absolute atomic E-state index is 0.0474. The molecule has 1 aromatic carbocycles. The molecule has 1 unspecified atom stereocenters. The molecular formula is C10H8Cl2N2OS. The van der Waals surface area contributed by atoms with Crippen molar-refractivity contribution in [1.29, 1.82) is 0 Å². The average molecular weight is 275 g/mol. The maximum absolute atomic E-state index is 9.80. The molecule has 1 aromatic heterocycles. The summed E-state index contributed by atoms with van der Waals surface area (Å²) < 4.78 is 0. The Kier molecular flexibility index (Phi) is 3.35. The van der Waals surface area contributed by atoms with Crippen LogP contribution in [0.3, 0.4) is 0 Å². The molecule has 0 spiro atoms.